The summed E-state index contributed by atoms with van der Waals surface area (Å²) in [5, 5.41) is 0. The van der Waals surface area contributed by atoms with Gasteiger partial charge >= 0.3 is 0 Å². The molecule has 5 heteroatoms. The molecule has 172 valence electrons. The zero-order valence-electron chi connectivity index (χ0n) is 19.3. The van der Waals surface area contributed by atoms with Gasteiger partial charge in [0.05, 0.1) is 15.5 Å². The molecule has 1 heterocycles. The molecule has 0 N–H and O–H groups in total. The molecule has 0 amide bonds. The first-order chi connectivity index (χ1) is 15.7. The van der Waals surface area contributed by atoms with Gasteiger partial charge in [0.25, 0.3) is 0 Å². The number of hydrogen-bond donors (Lipinski definition) is 0. The van der Waals surface area contributed by atoms with Crippen molar-refractivity contribution >= 4 is 16.3 Å². The lowest BCUT2D eigenvalue weighted by molar-refractivity contribution is -0.534. The lowest BCUT2D eigenvalue weighted by Gasteiger charge is -2.36. The maximum absolute atomic E-state index is 11.2. The molecule has 4 rings (SSSR count). The molecule has 1 aliphatic rings. The molecule has 1 aliphatic heterocycles. The highest BCUT2D eigenvalue weighted by atomic mass is 32.2. The fourth-order valence-corrected chi connectivity index (χ4v) is 5.44. The van der Waals surface area contributed by atoms with Crippen LogP contribution in [0.5, 0.6) is 0 Å². The summed E-state index contributed by atoms with van der Waals surface area (Å²) in [4.78, 5) is 0. The highest BCUT2D eigenvalue weighted by Crippen LogP contribution is 2.37. The van der Waals surface area contributed by atoms with Crippen LogP contribution in [-0.4, -0.2) is 42.6 Å². The van der Waals surface area contributed by atoms with E-state index in [1.807, 2.05) is 6.07 Å². The quantitative estimate of drug-likeness (QED) is 0.369. The molecule has 0 unspecified atom stereocenters. The van der Waals surface area contributed by atoms with E-state index in [2.05, 4.69) is 91.4 Å². The lowest BCUT2D eigenvalue weighted by atomic mass is 9.68. The molecular weight excluding hydrogens is 430 g/mol. The topological polar surface area (TPSA) is 60.2 Å². The van der Waals surface area contributed by atoms with Gasteiger partial charge in [0.2, 0.25) is 0 Å². The van der Waals surface area contributed by atoms with Crippen LogP contribution in [0.1, 0.15) is 39.8 Å². The fourth-order valence-electron chi connectivity index (χ4n) is 4.95. The van der Waals surface area contributed by atoms with Crippen molar-refractivity contribution in [3.05, 3.63) is 106 Å². The van der Waals surface area contributed by atoms with Crippen LogP contribution >= 0.6 is 0 Å². The standard InChI is InChI=1S/C28H31NO3S/c1-22-8-12-24(13-9-22)18-28(19-25-14-10-23(2)11-15-25)21-29(16-5-17-33(30,31)32)20-26-6-3-4-7-27(26)28/h3-4,6-15,20H,5,16-19,21H2,1-2H3. The van der Waals surface area contributed by atoms with E-state index < -0.39 is 10.1 Å². The molecule has 0 aliphatic carbocycles. The minimum absolute atomic E-state index is 0.174. The van der Waals surface area contributed by atoms with Crippen LogP contribution in [0, 0.1) is 13.8 Å². The van der Waals surface area contributed by atoms with Crippen LogP contribution < -0.4 is 0 Å². The second-order valence-corrected chi connectivity index (χ2v) is 10.9. The van der Waals surface area contributed by atoms with Crippen LogP contribution in [-0.2, 0) is 28.4 Å². The zero-order valence-corrected chi connectivity index (χ0v) is 20.1. The van der Waals surface area contributed by atoms with Gasteiger partial charge in [-0.2, -0.15) is 0 Å². The third-order valence-electron chi connectivity index (χ3n) is 6.53. The number of aryl methyl sites for hydroxylation is 2. The van der Waals surface area contributed by atoms with Gasteiger partial charge in [0.1, 0.15) is 6.54 Å². The fraction of sp³-hybridized carbons (Fsp3) is 0.321. The Hall–Kier alpha value is -2.76. The van der Waals surface area contributed by atoms with E-state index in [-0.39, 0.29) is 11.2 Å². The predicted molar refractivity (Wildman–Crippen MR) is 132 cm³/mol. The Balaban J connectivity index is 1.74. The average Bonchev–Trinajstić information content (AvgIpc) is 2.76. The van der Waals surface area contributed by atoms with Crippen LogP contribution in [0.25, 0.3) is 0 Å². The van der Waals surface area contributed by atoms with E-state index >= 15 is 0 Å². The predicted octanol–water partition coefficient (Wildman–Crippen LogP) is 4.41. The molecule has 0 bridgehead atoms. The average molecular weight is 462 g/mol. The number of rotatable bonds is 8. The van der Waals surface area contributed by atoms with Crippen molar-refractivity contribution in [2.75, 3.05) is 18.8 Å². The largest absolute Gasteiger partial charge is 0.748 e. The molecule has 0 atom stereocenters. The van der Waals surface area contributed by atoms with Crippen molar-refractivity contribution in [2.45, 2.75) is 38.5 Å². The Morgan fingerprint density at radius 3 is 1.94 bits per heavy atom. The molecule has 0 saturated heterocycles. The number of hydrogen-bond acceptors (Lipinski definition) is 3. The summed E-state index contributed by atoms with van der Waals surface area (Å²) < 4.78 is 35.7. The van der Waals surface area contributed by atoms with E-state index in [0.717, 1.165) is 24.9 Å². The summed E-state index contributed by atoms with van der Waals surface area (Å²) in [5.74, 6) is -0.331. The van der Waals surface area contributed by atoms with Gasteiger partial charge in [-0.1, -0.05) is 77.9 Å². The van der Waals surface area contributed by atoms with Crippen molar-refractivity contribution in [1.29, 1.82) is 0 Å². The Kier molecular flexibility index (Phi) is 6.82. The molecule has 3 aromatic rings. The molecule has 4 nitrogen and oxygen atoms in total. The summed E-state index contributed by atoms with van der Waals surface area (Å²) in [6.45, 7) is 5.51. The van der Waals surface area contributed by atoms with Crippen LogP contribution in [0.3, 0.4) is 0 Å². The van der Waals surface area contributed by atoms with Crippen LogP contribution in [0.4, 0.5) is 0 Å². The number of benzene rings is 3. The SMILES string of the molecule is Cc1ccc(CC2(Cc3ccc(C)cc3)C[N+](CCCS(=O)(=O)[O-])=Cc3ccccc32)cc1. The first-order valence-electron chi connectivity index (χ1n) is 11.5. The van der Waals surface area contributed by atoms with E-state index in [9.17, 15) is 13.0 Å². The summed E-state index contributed by atoms with van der Waals surface area (Å²) in [7, 11) is -4.21. The van der Waals surface area contributed by atoms with E-state index in [0.29, 0.717) is 13.0 Å². The third-order valence-corrected chi connectivity index (χ3v) is 7.31. The summed E-state index contributed by atoms with van der Waals surface area (Å²) in [5.41, 5.74) is 7.35. The smallest absolute Gasteiger partial charge is 0.171 e. The molecule has 0 saturated carbocycles. The molecule has 0 fully saturated rings. The lowest BCUT2D eigenvalue weighted by Crippen LogP contribution is -2.45. The normalized spacial score (nSPS) is 15.1. The van der Waals surface area contributed by atoms with Gasteiger partial charge in [0, 0.05) is 17.7 Å². The first-order valence-corrected chi connectivity index (χ1v) is 13.0. The van der Waals surface area contributed by atoms with Crippen molar-refractivity contribution in [1.82, 2.24) is 0 Å². The number of nitrogens with zero attached hydrogens (tertiary/aromatic N) is 1. The summed E-state index contributed by atoms with van der Waals surface area (Å²) in [6, 6.07) is 26.0. The van der Waals surface area contributed by atoms with Gasteiger partial charge < -0.3 is 4.55 Å². The molecule has 33 heavy (non-hydrogen) atoms. The summed E-state index contributed by atoms with van der Waals surface area (Å²) >= 11 is 0. The van der Waals surface area contributed by atoms with Crippen molar-refractivity contribution in [2.24, 2.45) is 0 Å². The maximum atomic E-state index is 11.2. The highest BCUT2D eigenvalue weighted by molar-refractivity contribution is 7.85. The molecule has 0 radical (unpaired) electrons. The first kappa shape index (κ1) is 23.4. The van der Waals surface area contributed by atoms with Gasteiger partial charge in [-0.05, 0) is 49.4 Å². The molecule has 0 spiro atoms. The molecule has 0 aromatic heterocycles. The van der Waals surface area contributed by atoms with Crippen LogP contribution in [0.15, 0.2) is 72.8 Å². The Bertz CT molecular complexity index is 1200. The minimum Gasteiger partial charge on any atom is -0.748 e. The van der Waals surface area contributed by atoms with Gasteiger partial charge in [0.15, 0.2) is 12.8 Å². The molecular formula is C28H31NO3S. The van der Waals surface area contributed by atoms with Gasteiger partial charge in [-0.3, -0.25) is 0 Å². The van der Waals surface area contributed by atoms with Gasteiger partial charge in [-0.15, -0.1) is 0 Å². The zero-order chi connectivity index (χ0) is 23.5. The Morgan fingerprint density at radius 1 is 0.848 bits per heavy atom. The van der Waals surface area contributed by atoms with Crippen molar-refractivity contribution in [3.8, 4) is 0 Å². The van der Waals surface area contributed by atoms with E-state index in [4.69, 9.17) is 0 Å². The summed E-state index contributed by atoms with van der Waals surface area (Å²) in [6.07, 6.45) is 4.20. The molecule has 3 aromatic carbocycles. The van der Waals surface area contributed by atoms with E-state index in [1.54, 1.807) is 0 Å². The van der Waals surface area contributed by atoms with Crippen molar-refractivity contribution in [3.63, 3.8) is 0 Å². The van der Waals surface area contributed by atoms with Crippen LogP contribution in [0.2, 0.25) is 0 Å². The Morgan fingerprint density at radius 2 is 1.39 bits per heavy atom. The second kappa shape index (κ2) is 9.62. The maximum Gasteiger partial charge on any atom is 0.171 e. The van der Waals surface area contributed by atoms with Gasteiger partial charge in [-0.25, -0.2) is 13.0 Å². The highest BCUT2D eigenvalue weighted by Gasteiger charge is 2.41. The van der Waals surface area contributed by atoms with Crippen molar-refractivity contribution < 1.29 is 17.5 Å². The third kappa shape index (κ3) is 5.98. The number of fused-ring (bicyclic) bond motifs is 1. The minimum atomic E-state index is -4.21. The monoisotopic (exact) mass is 461 g/mol. The second-order valence-electron chi connectivity index (χ2n) is 9.41. The van der Waals surface area contributed by atoms with E-state index in [1.165, 1.54) is 27.8 Å². The Labute approximate surface area is 197 Å².